The second-order valence-corrected chi connectivity index (χ2v) is 8.48. The zero-order chi connectivity index (χ0) is 26.7. The summed E-state index contributed by atoms with van der Waals surface area (Å²) in [6.45, 7) is 9.97. The summed E-state index contributed by atoms with van der Waals surface area (Å²) >= 11 is 0. The maximum absolute atomic E-state index is 12.9. The SMILES string of the molecule is C=CC[C@@H](C)C(=O)O[C@@H]1[C@@H](OC(=O)Nc2ccccc2)[C@@H](OC)O[C@H](CO)[C@H]1OC(=O)[C@H](C)CC=C. The molecule has 0 spiro atoms. The van der Waals surface area contributed by atoms with E-state index < -0.39 is 67.2 Å². The summed E-state index contributed by atoms with van der Waals surface area (Å²) < 4.78 is 28.0. The van der Waals surface area contributed by atoms with Gasteiger partial charge in [-0.2, -0.15) is 0 Å². The van der Waals surface area contributed by atoms with Crippen molar-refractivity contribution in [2.75, 3.05) is 19.0 Å². The maximum atomic E-state index is 12.9. The van der Waals surface area contributed by atoms with Crippen LogP contribution in [0.25, 0.3) is 0 Å². The zero-order valence-corrected chi connectivity index (χ0v) is 20.8. The van der Waals surface area contributed by atoms with Crippen molar-refractivity contribution in [3.8, 4) is 0 Å². The molecule has 2 N–H and O–H groups in total. The molecule has 1 heterocycles. The number of methoxy groups -OCH3 is 1. The van der Waals surface area contributed by atoms with Crippen molar-refractivity contribution in [3.63, 3.8) is 0 Å². The fraction of sp³-hybridized carbons (Fsp3) is 0.500. The number of hydrogen-bond donors (Lipinski definition) is 2. The van der Waals surface area contributed by atoms with Gasteiger partial charge in [-0.25, -0.2) is 4.79 Å². The Morgan fingerprint density at radius 1 is 0.972 bits per heavy atom. The van der Waals surface area contributed by atoms with Gasteiger partial charge in [0.25, 0.3) is 0 Å². The van der Waals surface area contributed by atoms with Crippen molar-refractivity contribution in [3.05, 3.63) is 55.6 Å². The Labute approximate surface area is 211 Å². The summed E-state index contributed by atoms with van der Waals surface area (Å²) in [5.74, 6) is -2.39. The van der Waals surface area contributed by atoms with Crippen LogP contribution in [0.3, 0.4) is 0 Å². The minimum absolute atomic E-state index is 0.333. The number of nitrogens with one attached hydrogen (secondary N) is 1. The monoisotopic (exact) mass is 505 g/mol. The lowest BCUT2D eigenvalue weighted by Gasteiger charge is -2.44. The van der Waals surface area contributed by atoms with Crippen molar-refractivity contribution in [1.29, 1.82) is 0 Å². The van der Waals surface area contributed by atoms with Crippen molar-refractivity contribution >= 4 is 23.7 Å². The lowest BCUT2D eigenvalue weighted by atomic mass is 9.97. The summed E-state index contributed by atoms with van der Waals surface area (Å²) in [4.78, 5) is 38.3. The van der Waals surface area contributed by atoms with Crippen LogP contribution in [0.1, 0.15) is 26.7 Å². The maximum Gasteiger partial charge on any atom is 0.412 e. The number of amides is 1. The van der Waals surface area contributed by atoms with Crippen LogP contribution in [0.4, 0.5) is 10.5 Å². The summed E-state index contributed by atoms with van der Waals surface area (Å²) in [5.41, 5.74) is 0.468. The van der Waals surface area contributed by atoms with Crippen LogP contribution >= 0.6 is 0 Å². The molecule has 0 unspecified atom stereocenters. The summed E-state index contributed by atoms with van der Waals surface area (Å²) in [6, 6.07) is 8.57. The van der Waals surface area contributed by atoms with Gasteiger partial charge in [0.2, 0.25) is 0 Å². The van der Waals surface area contributed by atoms with E-state index in [-0.39, 0.29) is 0 Å². The van der Waals surface area contributed by atoms with Crippen LogP contribution in [-0.2, 0) is 33.3 Å². The second-order valence-electron chi connectivity index (χ2n) is 8.48. The van der Waals surface area contributed by atoms with Crippen molar-refractivity contribution in [2.24, 2.45) is 11.8 Å². The molecule has 1 amide bonds. The van der Waals surface area contributed by atoms with Crippen LogP contribution in [0, 0.1) is 11.8 Å². The molecule has 0 aromatic heterocycles. The van der Waals surface area contributed by atoms with Crippen LogP contribution in [0.2, 0.25) is 0 Å². The van der Waals surface area contributed by atoms with Gasteiger partial charge in [-0.3, -0.25) is 14.9 Å². The van der Waals surface area contributed by atoms with Gasteiger partial charge < -0.3 is 28.8 Å². The Kier molecular flexibility index (Phi) is 11.6. The average molecular weight is 506 g/mol. The standard InChI is InChI=1S/C26H35NO9/c1-6-11-16(3)23(29)34-20-19(15-28)33-25(32-5)22(21(20)35-24(30)17(4)12-7-2)36-26(31)27-18-13-9-8-10-14-18/h6-10,13-14,16-17,19-22,25,28H,1-2,11-12,15H2,3-5H3,(H,27,31)/t16-,17-,19-,20-,21+,22-,25+/m1/s1. The number of hydrogen-bond acceptors (Lipinski definition) is 9. The molecule has 10 nitrogen and oxygen atoms in total. The molecule has 7 atom stereocenters. The van der Waals surface area contributed by atoms with E-state index in [9.17, 15) is 19.5 Å². The topological polar surface area (TPSA) is 130 Å². The molecule has 10 heteroatoms. The largest absolute Gasteiger partial charge is 0.455 e. The molecule has 198 valence electrons. The van der Waals surface area contributed by atoms with Gasteiger partial charge in [-0.15, -0.1) is 13.2 Å². The quantitative estimate of drug-likeness (QED) is 0.250. The lowest BCUT2D eigenvalue weighted by molar-refractivity contribution is -0.299. The van der Waals surface area contributed by atoms with E-state index in [0.29, 0.717) is 18.5 Å². The van der Waals surface area contributed by atoms with Gasteiger partial charge in [0.05, 0.1) is 18.4 Å². The van der Waals surface area contributed by atoms with E-state index in [2.05, 4.69) is 18.5 Å². The molecule has 1 saturated heterocycles. The molecule has 0 saturated carbocycles. The number of carbonyl (C=O) groups excluding carboxylic acids is 3. The van der Waals surface area contributed by atoms with Crippen LogP contribution in [-0.4, -0.2) is 67.6 Å². The van der Waals surface area contributed by atoms with Crippen molar-refractivity contribution < 1.29 is 43.2 Å². The number of aliphatic hydroxyl groups excluding tert-OH is 1. The van der Waals surface area contributed by atoms with Crippen molar-refractivity contribution in [2.45, 2.75) is 57.4 Å². The number of benzene rings is 1. The van der Waals surface area contributed by atoms with Crippen LogP contribution < -0.4 is 5.32 Å². The Hall–Kier alpha value is -3.21. The number of aliphatic hydroxyl groups is 1. The lowest BCUT2D eigenvalue weighted by Crippen LogP contribution is -2.63. The van der Waals surface area contributed by atoms with Gasteiger partial charge in [0, 0.05) is 12.8 Å². The highest BCUT2D eigenvalue weighted by atomic mass is 16.7. The third kappa shape index (κ3) is 7.91. The summed E-state index contributed by atoms with van der Waals surface area (Å²) in [6.07, 6.45) is -3.33. The van der Waals surface area contributed by atoms with Gasteiger partial charge in [-0.05, 0) is 25.0 Å². The molecular formula is C26H35NO9. The van der Waals surface area contributed by atoms with Gasteiger partial charge in [0.1, 0.15) is 6.10 Å². The molecule has 36 heavy (non-hydrogen) atoms. The van der Waals surface area contributed by atoms with Crippen LogP contribution in [0.15, 0.2) is 55.6 Å². The Bertz CT molecular complexity index is 891. The number of para-hydroxylation sites is 1. The smallest absolute Gasteiger partial charge is 0.412 e. The number of carbonyl (C=O) groups is 3. The molecule has 1 aromatic rings. The first-order valence-corrected chi connectivity index (χ1v) is 11.7. The van der Waals surface area contributed by atoms with Gasteiger partial charge >= 0.3 is 18.0 Å². The third-order valence-electron chi connectivity index (χ3n) is 5.62. The number of allylic oxidation sites excluding steroid dienone is 2. The van der Waals surface area contributed by atoms with Gasteiger partial charge in [0.15, 0.2) is 24.6 Å². The fourth-order valence-corrected chi connectivity index (χ4v) is 3.60. The number of rotatable bonds is 12. The van der Waals surface area contributed by atoms with Gasteiger partial charge in [-0.1, -0.05) is 44.2 Å². The molecule has 1 aromatic carbocycles. The van der Waals surface area contributed by atoms with E-state index in [1.165, 1.54) is 7.11 Å². The molecular weight excluding hydrogens is 470 g/mol. The Morgan fingerprint density at radius 2 is 1.53 bits per heavy atom. The number of esters is 2. The van der Waals surface area contributed by atoms with Crippen LogP contribution in [0.5, 0.6) is 0 Å². The molecule has 1 fully saturated rings. The van der Waals surface area contributed by atoms with Crippen molar-refractivity contribution in [1.82, 2.24) is 0 Å². The minimum Gasteiger partial charge on any atom is -0.455 e. The summed E-state index contributed by atoms with van der Waals surface area (Å²) in [5, 5.41) is 12.5. The molecule has 0 aliphatic carbocycles. The molecule has 0 radical (unpaired) electrons. The normalized spacial score (nSPS) is 25.1. The predicted octanol–water partition coefficient (Wildman–Crippen LogP) is 3.22. The predicted molar refractivity (Wildman–Crippen MR) is 131 cm³/mol. The average Bonchev–Trinajstić information content (AvgIpc) is 2.86. The highest BCUT2D eigenvalue weighted by molar-refractivity contribution is 5.84. The first-order valence-electron chi connectivity index (χ1n) is 11.7. The Morgan fingerprint density at radius 3 is 2.03 bits per heavy atom. The first-order chi connectivity index (χ1) is 17.2. The summed E-state index contributed by atoms with van der Waals surface area (Å²) in [7, 11) is 1.31. The van der Waals surface area contributed by atoms with E-state index in [4.69, 9.17) is 23.7 Å². The highest BCUT2D eigenvalue weighted by Gasteiger charge is 2.53. The van der Waals surface area contributed by atoms with E-state index in [0.717, 1.165) is 0 Å². The highest BCUT2D eigenvalue weighted by Crippen LogP contribution is 2.30. The third-order valence-corrected chi connectivity index (χ3v) is 5.62. The Balaban J connectivity index is 2.38. The van der Waals surface area contributed by atoms with E-state index in [1.54, 1.807) is 56.3 Å². The molecule has 1 aliphatic heterocycles. The zero-order valence-electron chi connectivity index (χ0n) is 20.8. The fourth-order valence-electron chi connectivity index (χ4n) is 3.60. The number of anilines is 1. The van der Waals surface area contributed by atoms with E-state index >= 15 is 0 Å². The molecule has 2 rings (SSSR count). The minimum atomic E-state index is -1.33. The van der Waals surface area contributed by atoms with E-state index in [1.807, 2.05) is 0 Å². The molecule has 1 aliphatic rings. The first kappa shape index (κ1) is 29.0. The number of ether oxygens (including phenoxy) is 5. The second kappa shape index (κ2) is 14.4. The molecule has 0 bridgehead atoms.